The zero-order valence-electron chi connectivity index (χ0n) is 27.1. The highest BCUT2D eigenvalue weighted by Crippen LogP contribution is 2.28. The highest BCUT2D eigenvalue weighted by atomic mass is 35.5. The zero-order chi connectivity index (χ0) is 35.1. The molecular formula is C36H38Cl2FN3O5S. The molecule has 4 aromatic carbocycles. The molecule has 1 N–H and O–H groups in total. The Morgan fingerprint density at radius 2 is 1.52 bits per heavy atom. The van der Waals surface area contributed by atoms with E-state index in [-0.39, 0.29) is 28.6 Å². The minimum Gasteiger partial charge on any atom is -0.494 e. The van der Waals surface area contributed by atoms with Crippen molar-refractivity contribution < 1.29 is 27.1 Å². The Labute approximate surface area is 291 Å². The normalized spacial score (nSPS) is 12.2. The van der Waals surface area contributed by atoms with Crippen LogP contribution in [-0.2, 0) is 32.6 Å². The summed E-state index contributed by atoms with van der Waals surface area (Å²) in [5, 5.41) is 3.55. The fourth-order valence-electron chi connectivity index (χ4n) is 4.98. The number of ether oxygens (including phenoxy) is 1. The number of amides is 2. The van der Waals surface area contributed by atoms with E-state index >= 15 is 0 Å². The SMILES string of the molecule is CCOc1ccc(S(=O)(=O)N(CC(=O)N(Cc2ccc(Cl)c(Cl)c2)[C@@H](Cc2ccccc2)C(=O)NC(C)(C)C)c2ccc(F)cc2)cc1. The van der Waals surface area contributed by atoms with E-state index in [4.69, 9.17) is 27.9 Å². The van der Waals surface area contributed by atoms with Gasteiger partial charge in [0.25, 0.3) is 10.0 Å². The third-order valence-corrected chi connectivity index (χ3v) is 9.75. The van der Waals surface area contributed by atoms with Gasteiger partial charge in [-0.2, -0.15) is 0 Å². The average molecular weight is 715 g/mol. The van der Waals surface area contributed by atoms with Gasteiger partial charge >= 0.3 is 0 Å². The van der Waals surface area contributed by atoms with E-state index in [0.717, 1.165) is 22.0 Å². The molecule has 8 nitrogen and oxygen atoms in total. The van der Waals surface area contributed by atoms with Crippen LogP contribution in [0, 0.1) is 5.82 Å². The quantitative estimate of drug-likeness (QED) is 0.157. The summed E-state index contributed by atoms with van der Waals surface area (Å²) in [6.07, 6.45) is 0.137. The maximum Gasteiger partial charge on any atom is 0.264 e. The van der Waals surface area contributed by atoms with Crippen LogP contribution < -0.4 is 14.4 Å². The van der Waals surface area contributed by atoms with Gasteiger partial charge in [-0.3, -0.25) is 13.9 Å². The Kier molecular flexibility index (Phi) is 12.1. The molecule has 0 unspecified atom stereocenters. The number of halogens is 3. The van der Waals surface area contributed by atoms with Gasteiger partial charge in [0.1, 0.15) is 24.2 Å². The highest BCUT2D eigenvalue weighted by Gasteiger charge is 2.35. The molecule has 0 aliphatic rings. The van der Waals surface area contributed by atoms with Gasteiger partial charge in [0.15, 0.2) is 0 Å². The van der Waals surface area contributed by atoms with Crippen LogP contribution in [0.3, 0.4) is 0 Å². The minimum absolute atomic E-state index is 0.0619. The molecular weight excluding hydrogens is 676 g/mol. The first-order valence-corrected chi connectivity index (χ1v) is 17.5. The van der Waals surface area contributed by atoms with Gasteiger partial charge in [0.2, 0.25) is 11.8 Å². The largest absolute Gasteiger partial charge is 0.494 e. The first-order valence-electron chi connectivity index (χ1n) is 15.3. The van der Waals surface area contributed by atoms with Crippen LogP contribution in [0.15, 0.2) is 102 Å². The van der Waals surface area contributed by atoms with Gasteiger partial charge in [0, 0.05) is 18.5 Å². The summed E-state index contributed by atoms with van der Waals surface area (Å²) in [6, 6.07) is 23.6. The molecule has 0 spiro atoms. The van der Waals surface area contributed by atoms with E-state index < -0.39 is 45.8 Å². The van der Waals surface area contributed by atoms with Crippen molar-refractivity contribution in [1.29, 1.82) is 0 Å². The first kappa shape index (κ1) is 36.7. The van der Waals surface area contributed by atoms with Crippen molar-refractivity contribution in [2.24, 2.45) is 0 Å². The van der Waals surface area contributed by atoms with E-state index in [1.54, 1.807) is 18.2 Å². The Morgan fingerprint density at radius 3 is 2.10 bits per heavy atom. The third kappa shape index (κ3) is 9.71. The number of hydrogen-bond acceptors (Lipinski definition) is 5. The maximum atomic E-state index is 14.6. The van der Waals surface area contributed by atoms with E-state index in [0.29, 0.717) is 22.9 Å². The van der Waals surface area contributed by atoms with E-state index in [1.165, 1.54) is 41.3 Å². The Morgan fingerprint density at radius 1 is 0.875 bits per heavy atom. The van der Waals surface area contributed by atoms with Crippen molar-refractivity contribution in [3.63, 3.8) is 0 Å². The molecule has 0 saturated heterocycles. The summed E-state index contributed by atoms with van der Waals surface area (Å²) >= 11 is 12.5. The predicted octanol–water partition coefficient (Wildman–Crippen LogP) is 7.28. The fourth-order valence-corrected chi connectivity index (χ4v) is 6.71. The molecule has 0 heterocycles. The maximum absolute atomic E-state index is 14.6. The van der Waals surface area contributed by atoms with Crippen LogP contribution in [0.4, 0.5) is 10.1 Å². The molecule has 0 saturated carbocycles. The molecule has 0 fully saturated rings. The van der Waals surface area contributed by atoms with Gasteiger partial charge < -0.3 is 15.0 Å². The number of carbonyl (C=O) groups excluding carboxylic acids is 2. The van der Waals surface area contributed by atoms with Crippen LogP contribution in [0.1, 0.15) is 38.8 Å². The van der Waals surface area contributed by atoms with Gasteiger partial charge in [-0.05, 0) is 99.5 Å². The molecule has 0 radical (unpaired) electrons. The fraction of sp³-hybridized carbons (Fsp3) is 0.278. The average Bonchev–Trinajstić information content (AvgIpc) is 3.03. The van der Waals surface area contributed by atoms with E-state index in [9.17, 15) is 22.4 Å². The lowest BCUT2D eigenvalue weighted by Gasteiger charge is -2.35. The van der Waals surface area contributed by atoms with Crippen LogP contribution in [0.25, 0.3) is 0 Å². The number of benzene rings is 4. The van der Waals surface area contributed by atoms with Gasteiger partial charge in [0.05, 0.1) is 27.2 Å². The number of carbonyl (C=O) groups is 2. The molecule has 2 amide bonds. The van der Waals surface area contributed by atoms with Crippen molar-refractivity contribution >= 4 is 50.7 Å². The van der Waals surface area contributed by atoms with Crippen LogP contribution in [-0.4, -0.2) is 49.9 Å². The summed E-state index contributed by atoms with van der Waals surface area (Å²) in [5.74, 6) is -1.21. The zero-order valence-corrected chi connectivity index (χ0v) is 29.4. The summed E-state index contributed by atoms with van der Waals surface area (Å²) in [5.41, 5.74) is 0.784. The van der Waals surface area contributed by atoms with Crippen molar-refractivity contribution in [1.82, 2.24) is 10.2 Å². The second-order valence-electron chi connectivity index (χ2n) is 12.1. The number of rotatable bonds is 13. The molecule has 0 aliphatic heterocycles. The van der Waals surface area contributed by atoms with Gasteiger partial charge in [-0.15, -0.1) is 0 Å². The molecule has 48 heavy (non-hydrogen) atoms. The smallest absolute Gasteiger partial charge is 0.264 e. The lowest BCUT2D eigenvalue weighted by Crippen LogP contribution is -2.56. The summed E-state index contributed by atoms with van der Waals surface area (Å²) in [7, 11) is -4.38. The van der Waals surface area contributed by atoms with Crippen molar-refractivity contribution in [3.05, 3.63) is 124 Å². The van der Waals surface area contributed by atoms with Crippen LogP contribution in [0.5, 0.6) is 5.75 Å². The first-order chi connectivity index (χ1) is 22.7. The molecule has 254 valence electrons. The van der Waals surface area contributed by atoms with Crippen LogP contribution in [0.2, 0.25) is 10.0 Å². The lowest BCUT2D eigenvalue weighted by atomic mass is 10.0. The molecule has 0 bridgehead atoms. The van der Waals surface area contributed by atoms with Crippen molar-refractivity contribution in [2.45, 2.75) is 57.1 Å². The number of hydrogen-bond donors (Lipinski definition) is 1. The van der Waals surface area contributed by atoms with Crippen LogP contribution >= 0.6 is 23.2 Å². The van der Waals surface area contributed by atoms with Crippen molar-refractivity contribution in [3.8, 4) is 5.75 Å². The summed E-state index contributed by atoms with van der Waals surface area (Å²) in [4.78, 5) is 29.8. The minimum atomic E-state index is -4.38. The Hall–Kier alpha value is -4.12. The summed E-state index contributed by atoms with van der Waals surface area (Å²) < 4.78 is 48.7. The number of anilines is 1. The van der Waals surface area contributed by atoms with E-state index in [2.05, 4.69) is 5.32 Å². The molecule has 12 heteroatoms. The number of sulfonamides is 1. The standard InChI is InChI=1S/C36H38Cl2FN3O5S/c1-5-47-29-16-18-30(19-17-29)48(45,46)42(28-14-12-27(39)13-15-28)24-34(43)41(23-26-11-20-31(37)32(38)21-26)33(35(44)40-36(2,3)4)22-25-9-7-6-8-10-25/h6-21,33H,5,22-24H2,1-4H3,(H,40,44)/t33-/m0/s1. The Balaban J connectivity index is 1.82. The molecule has 0 aliphatic carbocycles. The Bertz CT molecular complexity index is 1820. The number of nitrogens with zero attached hydrogens (tertiary/aromatic N) is 2. The molecule has 0 aromatic heterocycles. The topological polar surface area (TPSA) is 96.0 Å². The van der Waals surface area contributed by atoms with Crippen molar-refractivity contribution in [2.75, 3.05) is 17.5 Å². The van der Waals surface area contributed by atoms with Gasteiger partial charge in [-0.1, -0.05) is 59.6 Å². The highest BCUT2D eigenvalue weighted by molar-refractivity contribution is 7.92. The molecule has 1 atom stereocenters. The lowest BCUT2D eigenvalue weighted by molar-refractivity contribution is -0.140. The second-order valence-corrected chi connectivity index (χ2v) is 14.8. The molecule has 4 aromatic rings. The summed E-state index contributed by atoms with van der Waals surface area (Å²) in [6.45, 7) is 6.90. The predicted molar refractivity (Wildman–Crippen MR) is 187 cm³/mol. The molecule has 4 rings (SSSR count). The van der Waals surface area contributed by atoms with Gasteiger partial charge in [-0.25, -0.2) is 12.8 Å². The second kappa shape index (κ2) is 15.9. The third-order valence-electron chi connectivity index (χ3n) is 7.22. The van der Waals surface area contributed by atoms with E-state index in [1.807, 2.05) is 58.0 Å². The number of nitrogens with one attached hydrogen (secondary N) is 1. The monoisotopic (exact) mass is 713 g/mol.